The van der Waals surface area contributed by atoms with Crippen LogP contribution in [0.1, 0.15) is 53.4 Å². The Kier molecular flexibility index (Phi) is 3.96. The first-order valence-corrected chi connectivity index (χ1v) is 5.95. The molecule has 0 amide bonds. The summed E-state index contributed by atoms with van der Waals surface area (Å²) in [6.45, 7) is 9.13. The van der Waals surface area contributed by atoms with Gasteiger partial charge in [-0.2, -0.15) is 0 Å². The van der Waals surface area contributed by atoms with E-state index < -0.39 is 0 Å². The van der Waals surface area contributed by atoms with Crippen molar-refractivity contribution < 1.29 is 0 Å². The van der Waals surface area contributed by atoms with Crippen molar-refractivity contribution in [2.75, 3.05) is 0 Å². The highest BCUT2D eigenvalue weighted by Gasteiger charge is 2.27. The van der Waals surface area contributed by atoms with E-state index in [1.807, 2.05) is 0 Å². The quantitative estimate of drug-likeness (QED) is 0.730. The van der Waals surface area contributed by atoms with Crippen LogP contribution in [0.2, 0.25) is 0 Å². The summed E-state index contributed by atoms with van der Waals surface area (Å²) < 4.78 is 0. The second-order valence-corrected chi connectivity index (χ2v) is 5.64. The molecular formula is C12H26N2. The van der Waals surface area contributed by atoms with Crippen molar-refractivity contribution in [1.82, 2.24) is 5.32 Å². The van der Waals surface area contributed by atoms with E-state index in [-0.39, 0.29) is 5.54 Å². The highest BCUT2D eigenvalue weighted by Crippen LogP contribution is 2.22. The molecule has 1 aliphatic rings. The van der Waals surface area contributed by atoms with E-state index in [9.17, 15) is 0 Å². The van der Waals surface area contributed by atoms with Gasteiger partial charge in [-0.05, 0) is 39.0 Å². The molecule has 0 radical (unpaired) electrons. The van der Waals surface area contributed by atoms with Crippen LogP contribution in [0.4, 0.5) is 0 Å². The average molecular weight is 198 g/mol. The fraction of sp³-hybridized carbons (Fsp3) is 1.00. The molecule has 1 fully saturated rings. The Bertz CT molecular complexity index is 175. The Morgan fingerprint density at radius 1 is 1.29 bits per heavy atom. The highest BCUT2D eigenvalue weighted by molar-refractivity contribution is 4.88. The minimum Gasteiger partial charge on any atom is -0.328 e. The zero-order valence-electron chi connectivity index (χ0n) is 10.1. The molecule has 0 aromatic rings. The lowest BCUT2D eigenvalue weighted by molar-refractivity contribution is 0.217. The van der Waals surface area contributed by atoms with E-state index in [0.717, 1.165) is 6.42 Å². The minimum absolute atomic E-state index is 0.238. The normalized spacial score (nSPS) is 29.6. The van der Waals surface area contributed by atoms with Gasteiger partial charge in [0.1, 0.15) is 0 Å². The van der Waals surface area contributed by atoms with Crippen LogP contribution in [0, 0.1) is 5.92 Å². The first kappa shape index (κ1) is 12.0. The average Bonchev–Trinajstić information content (AvgIpc) is 2.02. The monoisotopic (exact) mass is 198 g/mol. The Morgan fingerprint density at radius 3 is 2.43 bits per heavy atom. The lowest BCUT2D eigenvalue weighted by Gasteiger charge is -2.38. The van der Waals surface area contributed by atoms with Gasteiger partial charge in [-0.3, -0.25) is 0 Å². The predicted octanol–water partition coefficient (Wildman–Crippen LogP) is 2.28. The van der Waals surface area contributed by atoms with Crippen molar-refractivity contribution in [3.05, 3.63) is 0 Å². The summed E-state index contributed by atoms with van der Waals surface area (Å²) in [6, 6.07) is 1.06. The third-order valence-corrected chi connectivity index (χ3v) is 3.73. The van der Waals surface area contributed by atoms with Crippen LogP contribution in [0.5, 0.6) is 0 Å². The molecule has 1 aliphatic carbocycles. The molecular weight excluding hydrogens is 172 g/mol. The zero-order chi connectivity index (χ0) is 10.8. The number of hydrogen-bond acceptors (Lipinski definition) is 2. The molecule has 3 N–H and O–H groups in total. The van der Waals surface area contributed by atoms with Gasteiger partial charge in [-0.15, -0.1) is 0 Å². The van der Waals surface area contributed by atoms with Crippen LogP contribution in [0.3, 0.4) is 0 Å². The Balaban J connectivity index is 2.43. The molecule has 0 spiro atoms. The second-order valence-electron chi connectivity index (χ2n) is 5.64. The number of nitrogens with two attached hydrogens (primary N) is 1. The molecule has 84 valence electrons. The maximum atomic E-state index is 5.98. The van der Waals surface area contributed by atoms with Crippen LogP contribution in [0.15, 0.2) is 0 Å². The van der Waals surface area contributed by atoms with Gasteiger partial charge < -0.3 is 11.1 Å². The van der Waals surface area contributed by atoms with Gasteiger partial charge in [0.15, 0.2) is 0 Å². The van der Waals surface area contributed by atoms with Crippen molar-refractivity contribution in [3.63, 3.8) is 0 Å². The third kappa shape index (κ3) is 3.25. The van der Waals surface area contributed by atoms with Gasteiger partial charge in [0.05, 0.1) is 0 Å². The zero-order valence-corrected chi connectivity index (χ0v) is 10.1. The summed E-state index contributed by atoms with van der Waals surface area (Å²) in [7, 11) is 0. The molecule has 2 atom stereocenters. The van der Waals surface area contributed by atoms with Gasteiger partial charge in [0.25, 0.3) is 0 Å². The van der Waals surface area contributed by atoms with E-state index in [0.29, 0.717) is 18.0 Å². The largest absolute Gasteiger partial charge is 0.328 e. The van der Waals surface area contributed by atoms with E-state index >= 15 is 0 Å². The maximum absolute atomic E-state index is 5.98. The first-order valence-electron chi connectivity index (χ1n) is 5.95. The molecule has 1 rings (SSSR count). The van der Waals surface area contributed by atoms with Gasteiger partial charge in [-0.25, -0.2) is 0 Å². The van der Waals surface area contributed by atoms with Crippen LogP contribution in [0.25, 0.3) is 0 Å². The molecule has 2 unspecified atom stereocenters. The molecule has 1 saturated carbocycles. The fourth-order valence-electron chi connectivity index (χ4n) is 2.05. The van der Waals surface area contributed by atoms with Crippen molar-refractivity contribution in [2.24, 2.45) is 11.7 Å². The molecule has 2 nitrogen and oxygen atoms in total. The number of rotatable bonds is 3. The minimum atomic E-state index is 0.238. The number of nitrogens with one attached hydrogen (secondary N) is 1. The Hall–Kier alpha value is -0.0800. The topological polar surface area (TPSA) is 38.0 Å². The van der Waals surface area contributed by atoms with Gasteiger partial charge in [-0.1, -0.05) is 20.3 Å². The molecule has 0 saturated heterocycles. The lowest BCUT2D eigenvalue weighted by atomic mass is 9.85. The fourth-order valence-corrected chi connectivity index (χ4v) is 2.05. The number of hydrogen-bond donors (Lipinski definition) is 2. The summed E-state index contributed by atoms with van der Waals surface area (Å²) in [6.07, 6.45) is 4.94. The summed E-state index contributed by atoms with van der Waals surface area (Å²) in [5.41, 5.74) is 6.22. The SMILES string of the molecule is CC(C)C(C)(C)NC1CCCC(N)C1. The molecule has 2 heteroatoms. The van der Waals surface area contributed by atoms with E-state index in [4.69, 9.17) is 5.73 Å². The standard InChI is InChI=1S/C12H26N2/c1-9(2)12(3,4)14-11-7-5-6-10(13)8-11/h9-11,14H,5-8,13H2,1-4H3. The molecule has 14 heavy (non-hydrogen) atoms. The van der Waals surface area contributed by atoms with E-state index in [2.05, 4.69) is 33.0 Å². The van der Waals surface area contributed by atoms with Gasteiger partial charge in [0.2, 0.25) is 0 Å². The lowest BCUT2D eigenvalue weighted by Crippen LogP contribution is -2.52. The predicted molar refractivity (Wildman–Crippen MR) is 62.3 cm³/mol. The van der Waals surface area contributed by atoms with Crippen molar-refractivity contribution >= 4 is 0 Å². The van der Waals surface area contributed by atoms with Gasteiger partial charge >= 0.3 is 0 Å². The summed E-state index contributed by atoms with van der Waals surface area (Å²) in [5, 5.41) is 3.75. The smallest absolute Gasteiger partial charge is 0.0150 e. The first-order chi connectivity index (χ1) is 6.42. The van der Waals surface area contributed by atoms with Crippen molar-refractivity contribution in [1.29, 1.82) is 0 Å². The van der Waals surface area contributed by atoms with Crippen LogP contribution in [-0.2, 0) is 0 Å². The summed E-state index contributed by atoms with van der Waals surface area (Å²) in [5.74, 6) is 0.667. The summed E-state index contributed by atoms with van der Waals surface area (Å²) >= 11 is 0. The highest BCUT2D eigenvalue weighted by atomic mass is 15.0. The molecule has 0 bridgehead atoms. The Labute approximate surface area is 88.6 Å². The second kappa shape index (κ2) is 4.63. The van der Waals surface area contributed by atoms with Gasteiger partial charge in [0, 0.05) is 17.6 Å². The van der Waals surface area contributed by atoms with Crippen LogP contribution in [-0.4, -0.2) is 17.6 Å². The summed E-state index contributed by atoms with van der Waals surface area (Å²) in [4.78, 5) is 0. The molecule has 0 aromatic heterocycles. The molecule has 0 aliphatic heterocycles. The van der Waals surface area contributed by atoms with E-state index in [1.54, 1.807) is 0 Å². The third-order valence-electron chi connectivity index (χ3n) is 3.73. The maximum Gasteiger partial charge on any atom is 0.0150 e. The van der Waals surface area contributed by atoms with Crippen molar-refractivity contribution in [2.45, 2.75) is 71.0 Å². The molecule has 0 aromatic carbocycles. The van der Waals surface area contributed by atoms with Crippen LogP contribution >= 0.6 is 0 Å². The van der Waals surface area contributed by atoms with E-state index in [1.165, 1.54) is 19.3 Å². The van der Waals surface area contributed by atoms with Crippen molar-refractivity contribution in [3.8, 4) is 0 Å². The Morgan fingerprint density at radius 2 is 1.93 bits per heavy atom. The molecule has 0 heterocycles. The van der Waals surface area contributed by atoms with Crippen LogP contribution < -0.4 is 11.1 Å².